The largest absolute Gasteiger partial charge is 0.493 e. The van der Waals surface area contributed by atoms with Gasteiger partial charge in [0, 0.05) is 32.7 Å². The number of halogens is 3. The normalized spacial score (nSPS) is 15.5. The van der Waals surface area contributed by atoms with Gasteiger partial charge in [-0.2, -0.15) is 13.2 Å². The van der Waals surface area contributed by atoms with E-state index < -0.39 is 17.6 Å². The number of piperazine rings is 1. The molecule has 0 radical (unpaired) electrons. The summed E-state index contributed by atoms with van der Waals surface area (Å²) in [5.74, 6) is 0.491. The Labute approximate surface area is 187 Å². The molecule has 0 spiro atoms. The van der Waals surface area contributed by atoms with Gasteiger partial charge in [-0.25, -0.2) is 0 Å². The van der Waals surface area contributed by atoms with Crippen LogP contribution in [0.1, 0.15) is 23.1 Å². The van der Waals surface area contributed by atoms with Crippen molar-refractivity contribution in [2.45, 2.75) is 26.4 Å². The standard InChI is InChI=1S/C24H30F3N3O2/c1-18-8-9-19(2)22(16-18)32-15-5-10-29-11-13-30(14-12-29)17-23(31)28-21-7-4-3-6-20(21)24(25,26)27/h3-4,6-9,16H,5,10-15,17H2,1-2H3,(H,28,31). The Morgan fingerprint density at radius 2 is 1.72 bits per heavy atom. The lowest BCUT2D eigenvalue weighted by atomic mass is 10.1. The molecule has 1 heterocycles. The molecule has 2 aromatic carbocycles. The zero-order valence-electron chi connectivity index (χ0n) is 18.5. The Hall–Kier alpha value is -2.58. The fourth-order valence-corrected chi connectivity index (χ4v) is 3.74. The number of aryl methyl sites for hydroxylation is 2. The van der Waals surface area contributed by atoms with Crippen LogP contribution in [0.3, 0.4) is 0 Å². The molecule has 1 N–H and O–H groups in total. The van der Waals surface area contributed by atoms with Gasteiger partial charge in [-0.15, -0.1) is 0 Å². The minimum Gasteiger partial charge on any atom is -0.493 e. The fraction of sp³-hybridized carbons (Fsp3) is 0.458. The van der Waals surface area contributed by atoms with Gasteiger partial charge in [0.05, 0.1) is 24.4 Å². The molecule has 1 amide bonds. The molecule has 5 nitrogen and oxygen atoms in total. The van der Waals surface area contributed by atoms with Crippen molar-refractivity contribution < 1.29 is 22.7 Å². The number of anilines is 1. The Bertz CT molecular complexity index is 910. The summed E-state index contributed by atoms with van der Waals surface area (Å²) in [6, 6.07) is 11.2. The van der Waals surface area contributed by atoms with Crippen LogP contribution >= 0.6 is 0 Å². The van der Waals surface area contributed by atoms with E-state index in [0.717, 1.165) is 43.4 Å². The van der Waals surface area contributed by atoms with Crippen molar-refractivity contribution in [1.29, 1.82) is 0 Å². The fourth-order valence-electron chi connectivity index (χ4n) is 3.74. The van der Waals surface area contributed by atoms with Crippen LogP contribution in [0.15, 0.2) is 42.5 Å². The van der Waals surface area contributed by atoms with Crippen LogP contribution < -0.4 is 10.1 Å². The molecule has 32 heavy (non-hydrogen) atoms. The molecule has 3 rings (SSSR count). The van der Waals surface area contributed by atoms with Crippen LogP contribution in [-0.4, -0.2) is 61.6 Å². The van der Waals surface area contributed by atoms with E-state index in [1.54, 1.807) is 0 Å². The summed E-state index contributed by atoms with van der Waals surface area (Å²) in [6.45, 7) is 8.74. The first kappa shape index (κ1) is 24.1. The van der Waals surface area contributed by atoms with Crippen LogP contribution in [0.4, 0.5) is 18.9 Å². The van der Waals surface area contributed by atoms with E-state index in [0.29, 0.717) is 19.7 Å². The summed E-state index contributed by atoms with van der Waals surface area (Å²) >= 11 is 0. The quantitative estimate of drug-likeness (QED) is 0.609. The van der Waals surface area contributed by atoms with Gasteiger partial charge in [0.25, 0.3) is 0 Å². The average molecular weight is 450 g/mol. The molecule has 174 valence electrons. The second-order valence-electron chi connectivity index (χ2n) is 8.18. The number of para-hydroxylation sites is 1. The third kappa shape index (κ3) is 6.97. The lowest BCUT2D eigenvalue weighted by Gasteiger charge is -2.34. The summed E-state index contributed by atoms with van der Waals surface area (Å²) < 4.78 is 45.2. The number of carbonyl (C=O) groups excluding carboxylic acids is 1. The molecule has 0 atom stereocenters. The van der Waals surface area contributed by atoms with Crippen molar-refractivity contribution in [3.8, 4) is 5.75 Å². The number of hydrogen-bond acceptors (Lipinski definition) is 4. The highest BCUT2D eigenvalue weighted by Crippen LogP contribution is 2.34. The van der Waals surface area contributed by atoms with Gasteiger partial charge < -0.3 is 15.0 Å². The highest BCUT2D eigenvalue weighted by Gasteiger charge is 2.33. The summed E-state index contributed by atoms with van der Waals surface area (Å²) in [4.78, 5) is 16.6. The number of amides is 1. The Morgan fingerprint density at radius 1 is 1.03 bits per heavy atom. The van der Waals surface area contributed by atoms with Crippen molar-refractivity contribution >= 4 is 11.6 Å². The maximum Gasteiger partial charge on any atom is 0.418 e. The maximum absolute atomic E-state index is 13.1. The van der Waals surface area contributed by atoms with Gasteiger partial charge in [0.1, 0.15) is 5.75 Å². The van der Waals surface area contributed by atoms with Crippen LogP contribution in [0.2, 0.25) is 0 Å². The Balaban J connectivity index is 1.37. The van der Waals surface area contributed by atoms with Crippen LogP contribution in [-0.2, 0) is 11.0 Å². The molecule has 1 aliphatic rings. The molecular weight excluding hydrogens is 419 g/mol. The molecule has 0 unspecified atom stereocenters. The number of rotatable bonds is 8. The second kappa shape index (κ2) is 10.8. The van der Waals surface area contributed by atoms with Crippen LogP contribution in [0.25, 0.3) is 0 Å². The molecule has 8 heteroatoms. The van der Waals surface area contributed by atoms with Crippen molar-refractivity contribution in [3.05, 3.63) is 59.2 Å². The number of ether oxygens (including phenoxy) is 1. The summed E-state index contributed by atoms with van der Waals surface area (Å²) in [5, 5.41) is 2.41. The lowest BCUT2D eigenvalue weighted by Crippen LogP contribution is -2.48. The van der Waals surface area contributed by atoms with E-state index in [4.69, 9.17) is 4.74 Å². The summed E-state index contributed by atoms with van der Waals surface area (Å²) in [5.41, 5.74) is 1.27. The van der Waals surface area contributed by atoms with Crippen LogP contribution in [0.5, 0.6) is 5.75 Å². The molecule has 0 bridgehead atoms. The van der Waals surface area contributed by atoms with Crippen LogP contribution in [0, 0.1) is 13.8 Å². The van der Waals surface area contributed by atoms with Gasteiger partial charge in [0.15, 0.2) is 0 Å². The van der Waals surface area contributed by atoms with E-state index >= 15 is 0 Å². The SMILES string of the molecule is Cc1ccc(C)c(OCCCN2CCN(CC(=O)Nc3ccccc3C(F)(F)F)CC2)c1. The number of carbonyl (C=O) groups is 1. The first-order valence-corrected chi connectivity index (χ1v) is 10.8. The number of benzene rings is 2. The van der Waals surface area contributed by atoms with Gasteiger partial charge >= 0.3 is 6.18 Å². The second-order valence-corrected chi connectivity index (χ2v) is 8.18. The van der Waals surface area contributed by atoms with Gasteiger partial charge in [0.2, 0.25) is 5.91 Å². The zero-order chi connectivity index (χ0) is 23.1. The summed E-state index contributed by atoms with van der Waals surface area (Å²) in [7, 11) is 0. The topological polar surface area (TPSA) is 44.8 Å². The smallest absolute Gasteiger partial charge is 0.418 e. The van der Waals surface area contributed by atoms with E-state index in [-0.39, 0.29) is 12.2 Å². The third-order valence-electron chi connectivity index (χ3n) is 5.56. The molecular formula is C24H30F3N3O2. The number of nitrogens with zero attached hydrogens (tertiary/aromatic N) is 2. The Kier molecular flexibility index (Phi) is 8.15. The van der Waals surface area contributed by atoms with Gasteiger partial charge in [-0.1, -0.05) is 24.3 Å². The maximum atomic E-state index is 13.1. The molecule has 1 aliphatic heterocycles. The molecule has 0 aromatic heterocycles. The number of alkyl halides is 3. The third-order valence-corrected chi connectivity index (χ3v) is 5.56. The first-order valence-electron chi connectivity index (χ1n) is 10.8. The Morgan fingerprint density at radius 3 is 2.44 bits per heavy atom. The highest BCUT2D eigenvalue weighted by molar-refractivity contribution is 5.93. The van der Waals surface area contributed by atoms with E-state index in [9.17, 15) is 18.0 Å². The highest BCUT2D eigenvalue weighted by atomic mass is 19.4. The minimum atomic E-state index is -4.50. The monoisotopic (exact) mass is 449 g/mol. The lowest BCUT2D eigenvalue weighted by molar-refractivity contribution is -0.137. The first-order chi connectivity index (χ1) is 15.2. The van der Waals surface area contributed by atoms with Crippen molar-refractivity contribution in [2.75, 3.05) is 51.2 Å². The average Bonchev–Trinajstić information content (AvgIpc) is 2.74. The van der Waals surface area contributed by atoms with E-state index in [1.807, 2.05) is 24.8 Å². The van der Waals surface area contributed by atoms with Crippen molar-refractivity contribution in [1.82, 2.24) is 9.80 Å². The molecule has 0 saturated carbocycles. The predicted octanol–water partition coefficient (Wildman–Crippen LogP) is 4.35. The van der Waals surface area contributed by atoms with Crippen molar-refractivity contribution in [2.24, 2.45) is 0 Å². The van der Waals surface area contributed by atoms with Gasteiger partial charge in [-0.3, -0.25) is 9.69 Å². The van der Waals surface area contributed by atoms with Crippen molar-refractivity contribution in [3.63, 3.8) is 0 Å². The zero-order valence-corrected chi connectivity index (χ0v) is 18.5. The molecule has 1 fully saturated rings. The number of hydrogen-bond donors (Lipinski definition) is 1. The molecule has 2 aromatic rings. The number of nitrogens with one attached hydrogen (secondary N) is 1. The minimum absolute atomic E-state index is 0.0791. The molecule has 1 saturated heterocycles. The summed E-state index contributed by atoms with van der Waals surface area (Å²) in [6.07, 6.45) is -3.60. The predicted molar refractivity (Wildman–Crippen MR) is 119 cm³/mol. The van der Waals surface area contributed by atoms with E-state index in [1.165, 1.54) is 23.8 Å². The van der Waals surface area contributed by atoms with E-state index in [2.05, 4.69) is 22.3 Å². The van der Waals surface area contributed by atoms with Gasteiger partial charge in [-0.05, 0) is 49.6 Å². The molecule has 0 aliphatic carbocycles.